The van der Waals surface area contributed by atoms with E-state index < -0.39 is 5.41 Å². The van der Waals surface area contributed by atoms with Gasteiger partial charge in [-0.15, -0.1) is 22.7 Å². The number of rotatable bonds is 10. The van der Waals surface area contributed by atoms with E-state index in [-0.39, 0.29) is 5.78 Å². The van der Waals surface area contributed by atoms with Crippen LogP contribution in [0.4, 0.5) is 0 Å². The van der Waals surface area contributed by atoms with Crippen LogP contribution in [-0.4, -0.2) is 19.0 Å². The molecule has 4 aromatic rings. The third kappa shape index (κ3) is 4.01. The van der Waals surface area contributed by atoms with Crippen LogP contribution in [0.25, 0.3) is 0 Å². The fourth-order valence-corrected chi connectivity index (χ4v) is 6.95. The Labute approximate surface area is 215 Å². The summed E-state index contributed by atoms with van der Waals surface area (Å²) in [6.07, 6.45) is 4.01. The van der Waals surface area contributed by atoms with Gasteiger partial charge in [-0.25, -0.2) is 0 Å². The molecule has 0 amide bonds. The SMILES string of the molecule is CCCCOc1cccc2c1C(=O)c1cccc(OCCCC)c1C2(c1cccs1)c1cccs1. The molecular formula is C30H30O3S2. The summed E-state index contributed by atoms with van der Waals surface area (Å²) < 4.78 is 12.6. The number of carbonyl (C=O) groups is 1. The Balaban J connectivity index is 1.84. The summed E-state index contributed by atoms with van der Waals surface area (Å²) in [5, 5.41) is 4.23. The number of ketones is 1. The van der Waals surface area contributed by atoms with Crippen molar-refractivity contribution in [2.45, 2.75) is 44.9 Å². The van der Waals surface area contributed by atoms with Crippen molar-refractivity contribution in [2.75, 3.05) is 13.2 Å². The van der Waals surface area contributed by atoms with E-state index in [2.05, 4.69) is 54.9 Å². The highest BCUT2D eigenvalue weighted by Crippen LogP contribution is 2.57. The molecule has 0 radical (unpaired) electrons. The highest BCUT2D eigenvalue weighted by Gasteiger charge is 2.50. The molecule has 2 heterocycles. The number of benzene rings is 2. The second-order valence-electron chi connectivity index (χ2n) is 8.80. The first-order valence-corrected chi connectivity index (χ1v) is 14.1. The second kappa shape index (κ2) is 10.4. The van der Waals surface area contributed by atoms with Crippen molar-refractivity contribution in [1.29, 1.82) is 0 Å². The fraction of sp³-hybridized carbons (Fsp3) is 0.300. The summed E-state index contributed by atoms with van der Waals surface area (Å²) in [4.78, 5) is 16.5. The molecule has 0 fully saturated rings. The van der Waals surface area contributed by atoms with Crippen molar-refractivity contribution in [3.05, 3.63) is 103 Å². The molecule has 1 aliphatic rings. The molecule has 0 bridgehead atoms. The van der Waals surface area contributed by atoms with Gasteiger partial charge in [-0.2, -0.15) is 0 Å². The molecule has 0 aliphatic heterocycles. The van der Waals surface area contributed by atoms with Gasteiger partial charge in [0.05, 0.1) is 24.2 Å². The number of fused-ring (bicyclic) bond motifs is 2. The molecule has 2 aromatic carbocycles. The predicted molar refractivity (Wildman–Crippen MR) is 145 cm³/mol. The lowest BCUT2D eigenvalue weighted by molar-refractivity contribution is 0.102. The van der Waals surface area contributed by atoms with Gasteiger partial charge in [0.25, 0.3) is 0 Å². The highest BCUT2D eigenvalue weighted by atomic mass is 32.1. The van der Waals surface area contributed by atoms with Crippen molar-refractivity contribution < 1.29 is 14.3 Å². The van der Waals surface area contributed by atoms with Gasteiger partial charge in [0.1, 0.15) is 11.5 Å². The largest absolute Gasteiger partial charge is 0.493 e. The normalized spacial score (nSPS) is 13.8. The number of unbranched alkanes of at least 4 members (excludes halogenated alkanes) is 2. The molecule has 0 saturated carbocycles. The molecule has 0 spiro atoms. The lowest BCUT2D eigenvalue weighted by Gasteiger charge is -2.40. The Bertz CT molecular complexity index is 1260. The van der Waals surface area contributed by atoms with Crippen LogP contribution in [0.2, 0.25) is 0 Å². The molecule has 0 saturated heterocycles. The van der Waals surface area contributed by atoms with Gasteiger partial charge in [-0.05, 0) is 53.4 Å². The van der Waals surface area contributed by atoms with E-state index in [9.17, 15) is 4.79 Å². The third-order valence-corrected chi connectivity index (χ3v) is 8.57. The lowest BCUT2D eigenvalue weighted by atomic mass is 9.64. The van der Waals surface area contributed by atoms with E-state index in [1.165, 1.54) is 9.75 Å². The average molecular weight is 503 g/mol. The van der Waals surface area contributed by atoms with E-state index in [0.29, 0.717) is 30.1 Å². The number of hydrogen-bond donors (Lipinski definition) is 0. The zero-order valence-electron chi connectivity index (χ0n) is 20.2. The van der Waals surface area contributed by atoms with E-state index in [4.69, 9.17) is 9.47 Å². The second-order valence-corrected chi connectivity index (χ2v) is 10.7. The molecule has 1 aliphatic carbocycles. The summed E-state index contributed by atoms with van der Waals surface area (Å²) in [6.45, 7) is 5.52. The van der Waals surface area contributed by atoms with Crippen LogP contribution in [-0.2, 0) is 5.41 Å². The van der Waals surface area contributed by atoms with E-state index in [1.807, 2.05) is 30.3 Å². The molecule has 2 aromatic heterocycles. The van der Waals surface area contributed by atoms with E-state index in [1.54, 1.807) is 22.7 Å². The Hall–Kier alpha value is -2.89. The Kier molecular flexibility index (Phi) is 7.07. The first kappa shape index (κ1) is 23.8. The molecule has 0 N–H and O–H groups in total. The minimum Gasteiger partial charge on any atom is -0.493 e. The van der Waals surface area contributed by atoms with Crippen molar-refractivity contribution in [3.8, 4) is 11.5 Å². The van der Waals surface area contributed by atoms with Gasteiger partial charge in [0.2, 0.25) is 0 Å². The monoisotopic (exact) mass is 502 g/mol. The predicted octanol–water partition coefficient (Wildman–Crippen LogP) is 8.09. The van der Waals surface area contributed by atoms with Gasteiger partial charge in [-0.1, -0.05) is 63.1 Å². The highest BCUT2D eigenvalue weighted by molar-refractivity contribution is 7.12. The number of hydrogen-bond acceptors (Lipinski definition) is 5. The topological polar surface area (TPSA) is 35.5 Å². The summed E-state index contributed by atoms with van der Waals surface area (Å²) in [5.74, 6) is 1.46. The fourth-order valence-electron chi connectivity index (χ4n) is 4.96. The summed E-state index contributed by atoms with van der Waals surface area (Å²) in [7, 11) is 0. The maximum atomic E-state index is 14.1. The molecular weight excluding hydrogens is 472 g/mol. The first-order valence-electron chi connectivity index (χ1n) is 12.4. The Morgan fingerprint density at radius 2 is 1.34 bits per heavy atom. The summed E-state index contributed by atoms with van der Waals surface area (Å²) in [5.41, 5.74) is 2.64. The van der Waals surface area contributed by atoms with Crippen LogP contribution in [0.5, 0.6) is 11.5 Å². The molecule has 0 atom stereocenters. The van der Waals surface area contributed by atoms with Crippen LogP contribution >= 0.6 is 22.7 Å². The van der Waals surface area contributed by atoms with Gasteiger partial charge in [-0.3, -0.25) is 4.79 Å². The number of thiophene rings is 2. The van der Waals surface area contributed by atoms with E-state index in [0.717, 1.165) is 42.6 Å². The van der Waals surface area contributed by atoms with Gasteiger partial charge in [0, 0.05) is 20.9 Å². The summed E-state index contributed by atoms with van der Waals surface area (Å²) in [6, 6.07) is 20.5. The molecule has 3 nitrogen and oxygen atoms in total. The van der Waals surface area contributed by atoms with Crippen LogP contribution in [0.15, 0.2) is 71.4 Å². The zero-order chi connectivity index (χ0) is 24.3. The van der Waals surface area contributed by atoms with Gasteiger partial charge >= 0.3 is 0 Å². The van der Waals surface area contributed by atoms with Crippen LogP contribution in [0.1, 0.15) is 76.3 Å². The molecule has 5 rings (SSSR count). The van der Waals surface area contributed by atoms with Crippen LogP contribution in [0.3, 0.4) is 0 Å². The van der Waals surface area contributed by atoms with E-state index >= 15 is 0 Å². The Morgan fingerprint density at radius 3 is 1.94 bits per heavy atom. The third-order valence-electron chi connectivity index (χ3n) is 6.60. The Morgan fingerprint density at radius 1 is 0.743 bits per heavy atom. The van der Waals surface area contributed by atoms with Gasteiger partial charge in [0.15, 0.2) is 5.78 Å². The van der Waals surface area contributed by atoms with Crippen LogP contribution in [0, 0.1) is 0 Å². The molecule has 35 heavy (non-hydrogen) atoms. The van der Waals surface area contributed by atoms with Crippen molar-refractivity contribution in [1.82, 2.24) is 0 Å². The minimum atomic E-state index is -0.645. The van der Waals surface area contributed by atoms with Gasteiger partial charge < -0.3 is 9.47 Å². The number of ether oxygens (including phenoxy) is 2. The smallest absolute Gasteiger partial charge is 0.197 e. The van der Waals surface area contributed by atoms with Crippen molar-refractivity contribution >= 4 is 28.5 Å². The summed E-state index contributed by atoms with van der Waals surface area (Å²) >= 11 is 3.44. The maximum Gasteiger partial charge on any atom is 0.197 e. The quantitative estimate of drug-likeness (QED) is 0.181. The minimum absolute atomic E-state index is 0.00628. The zero-order valence-corrected chi connectivity index (χ0v) is 21.8. The molecule has 5 heteroatoms. The standard InChI is InChI=1S/C30H30O3S2/c1-3-5-17-32-23-13-8-12-22-27(23)29(31)21-11-7-14-24(33-18-6-4-2)28(21)30(22,25-15-9-19-34-25)26-16-10-20-35-26/h7-16,19-20H,3-6,17-18H2,1-2H3. The number of carbonyl (C=O) groups excluding carboxylic acids is 1. The lowest BCUT2D eigenvalue weighted by Crippen LogP contribution is -2.37. The van der Waals surface area contributed by atoms with Crippen molar-refractivity contribution in [3.63, 3.8) is 0 Å². The maximum absolute atomic E-state index is 14.1. The molecule has 180 valence electrons. The first-order chi connectivity index (χ1) is 17.2. The van der Waals surface area contributed by atoms with Crippen molar-refractivity contribution in [2.24, 2.45) is 0 Å². The molecule has 0 unspecified atom stereocenters. The average Bonchev–Trinajstić information content (AvgIpc) is 3.61. The van der Waals surface area contributed by atoms with Crippen LogP contribution < -0.4 is 9.47 Å².